The molecule has 0 aliphatic carbocycles. The van der Waals surface area contributed by atoms with Crippen LogP contribution >= 0.6 is 11.8 Å². The molecule has 7 heteroatoms. The first-order valence-electron chi connectivity index (χ1n) is 6.73. The first kappa shape index (κ1) is 17.0. The Labute approximate surface area is 137 Å². The highest BCUT2D eigenvalue weighted by atomic mass is 32.2. The SMILES string of the molecule is CSc1ncccc1C(=O)OCC(=O)Nc1ccc(C)cc1F. The van der Waals surface area contributed by atoms with Crippen LogP contribution in [0.25, 0.3) is 0 Å². The van der Waals surface area contributed by atoms with Gasteiger partial charge in [-0.3, -0.25) is 4.79 Å². The minimum atomic E-state index is -0.651. The second-order valence-electron chi connectivity index (χ2n) is 4.67. The Balaban J connectivity index is 1.95. The third-order valence-corrected chi connectivity index (χ3v) is 3.63. The van der Waals surface area contributed by atoms with Crippen molar-refractivity contribution in [3.63, 3.8) is 0 Å². The van der Waals surface area contributed by atoms with Crippen molar-refractivity contribution in [1.82, 2.24) is 4.98 Å². The maximum absolute atomic E-state index is 13.6. The van der Waals surface area contributed by atoms with Crippen molar-refractivity contribution in [2.75, 3.05) is 18.2 Å². The normalized spacial score (nSPS) is 10.2. The van der Waals surface area contributed by atoms with E-state index in [-0.39, 0.29) is 11.3 Å². The largest absolute Gasteiger partial charge is 0.452 e. The van der Waals surface area contributed by atoms with Crippen LogP contribution in [0.2, 0.25) is 0 Å². The summed E-state index contributed by atoms with van der Waals surface area (Å²) in [6, 6.07) is 7.61. The first-order valence-corrected chi connectivity index (χ1v) is 7.96. The third-order valence-electron chi connectivity index (χ3n) is 2.92. The number of esters is 1. The van der Waals surface area contributed by atoms with Crippen LogP contribution in [-0.2, 0) is 9.53 Å². The lowest BCUT2D eigenvalue weighted by molar-refractivity contribution is -0.119. The van der Waals surface area contributed by atoms with E-state index in [1.165, 1.54) is 23.9 Å². The zero-order chi connectivity index (χ0) is 16.8. The number of benzene rings is 1. The molecule has 0 radical (unpaired) electrons. The molecule has 0 atom stereocenters. The fourth-order valence-corrected chi connectivity index (χ4v) is 2.36. The zero-order valence-electron chi connectivity index (χ0n) is 12.6. The van der Waals surface area contributed by atoms with Gasteiger partial charge in [0.05, 0.1) is 11.3 Å². The number of carbonyl (C=O) groups excluding carboxylic acids is 2. The van der Waals surface area contributed by atoms with Crippen LogP contribution in [0.1, 0.15) is 15.9 Å². The number of nitrogens with one attached hydrogen (secondary N) is 1. The Morgan fingerprint density at radius 1 is 1.35 bits per heavy atom. The molecule has 5 nitrogen and oxygen atoms in total. The van der Waals surface area contributed by atoms with E-state index in [0.717, 1.165) is 5.56 Å². The number of halogens is 1. The zero-order valence-corrected chi connectivity index (χ0v) is 13.4. The number of hydrogen-bond donors (Lipinski definition) is 1. The van der Waals surface area contributed by atoms with Crippen molar-refractivity contribution in [3.05, 3.63) is 53.5 Å². The van der Waals surface area contributed by atoms with Gasteiger partial charge >= 0.3 is 5.97 Å². The Bertz CT molecular complexity index is 737. The van der Waals surface area contributed by atoms with Crippen molar-refractivity contribution >= 4 is 29.3 Å². The summed E-state index contributed by atoms with van der Waals surface area (Å²) in [5.41, 5.74) is 1.07. The predicted octanol–water partition coefficient (Wildman–Crippen LogP) is 3.05. The lowest BCUT2D eigenvalue weighted by Gasteiger charge is -2.09. The van der Waals surface area contributed by atoms with E-state index in [2.05, 4.69) is 10.3 Å². The molecule has 1 amide bonds. The quantitative estimate of drug-likeness (QED) is 0.672. The Kier molecular flexibility index (Phi) is 5.70. The van der Waals surface area contributed by atoms with Gasteiger partial charge in [0.2, 0.25) is 0 Å². The standard InChI is InChI=1S/C16H15FN2O3S/c1-10-5-6-13(12(17)8-10)19-14(20)9-22-16(21)11-4-3-7-18-15(11)23-2/h3-8H,9H2,1-2H3,(H,19,20). The lowest BCUT2D eigenvalue weighted by Crippen LogP contribution is -2.21. The number of amides is 1. The fraction of sp³-hybridized carbons (Fsp3) is 0.188. The highest BCUT2D eigenvalue weighted by Crippen LogP contribution is 2.18. The second-order valence-corrected chi connectivity index (χ2v) is 5.46. The molecule has 1 aromatic carbocycles. The van der Waals surface area contributed by atoms with Gasteiger partial charge in [-0.05, 0) is 43.0 Å². The first-order chi connectivity index (χ1) is 11.0. The van der Waals surface area contributed by atoms with Gasteiger partial charge in [0.15, 0.2) is 6.61 Å². The Morgan fingerprint density at radius 3 is 2.83 bits per heavy atom. The number of pyridine rings is 1. The minimum absolute atomic E-state index is 0.0443. The summed E-state index contributed by atoms with van der Waals surface area (Å²) >= 11 is 1.30. The van der Waals surface area contributed by atoms with Gasteiger partial charge in [0.1, 0.15) is 10.8 Å². The molecule has 0 spiro atoms. The summed E-state index contributed by atoms with van der Waals surface area (Å²) in [7, 11) is 0. The molecule has 120 valence electrons. The van der Waals surface area contributed by atoms with Crippen LogP contribution in [-0.4, -0.2) is 29.7 Å². The number of anilines is 1. The molecule has 1 N–H and O–H groups in total. The molecule has 0 saturated heterocycles. The smallest absolute Gasteiger partial charge is 0.341 e. The number of hydrogen-bond acceptors (Lipinski definition) is 5. The fourth-order valence-electron chi connectivity index (χ4n) is 1.83. The highest BCUT2D eigenvalue weighted by Gasteiger charge is 2.15. The van der Waals surface area contributed by atoms with Crippen molar-refractivity contribution in [1.29, 1.82) is 0 Å². The van der Waals surface area contributed by atoms with Gasteiger partial charge in [-0.15, -0.1) is 11.8 Å². The molecule has 1 aromatic heterocycles. The van der Waals surface area contributed by atoms with Gasteiger partial charge in [0, 0.05) is 6.20 Å². The number of aryl methyl sites for hydroxylation is 1. The van der Waals surface area contributed by atoms with E-state index in [9.17, 15) is 14.0 Å². The van der Waals surface area contributed by atoms with Gasteiger partial charge in [0.25, 0.3) is 5.91 Å². The third kappa shape index (κ3) is 4.53. The molecular weight excluding hydrogens is 319 g/mol. The van der Waals surface area contributed by atoms with Crippen LogP contribution in [0.15, 0.2) is 41.6 Å². The molecule has 2 rings (SSSR count). The van der Waals surface area contributed by atoms with Crippen LogP contribution < -0.4 is 5.32 Å². The van der Waals surface area contributed by atoms with E-state index in [1.54, 1.807) is 37.6 Å². The summed E-state index contributed by atoms with van der Waals surface area (Å²) in [5, 5.41) is 2.88. The van der Waals surface area contributed by atoms with E-state index in [4.69, 9.17) is 4.74 Å². The van der Waals surface area contributed by atoms with Crippen LogP contribution in [0.3, 0.4) is 0 Å². The summed E-state index contributed by atoms with van der Waals surface area (Å²) in [6.07, 6.45) is 3.35. The maximum atomic E-state index is 13.6. The van der Waals surface area contributed by atoms with Crippen molar-refractivity contribution < 1.29 is 18.7 Å². The summed E-state index contributed by atoms with van der Waals surface area (Å²) in [5.74, 6) is -1.81. The van der Waals surface area contributed by atoms with E-state index in [0.29, 0.717) is 5.03 Å². The molecule has 2 aromatic rings. The van der Waals surface area contributed by atoms with Gasteiger partial charge in [-0.1, -0.05) is 6.07 Å². The molecular formula is C16H15FN2O3S. The average molecular weight is 334 g/mol. The number of carbonyl (C=O) groups is 2. The summed E-state index contributed by atoms with van der Waals surface area (Å²) < 4.78 is 18.6. The maximum Gasteiger partial charge on any atom is 0.341 e. The topological polar surface area (TPSA) is 68.3 Å². The Morgan fingerprint density at radius 2 is 2.13 bits per heavy atom. The molecule has 0 aliphatic rings. The van der Waals surface area contributed by atoms with E-state index < -0.39 is 24.3 Å². The van der Waals surface area contributed by atoms with Crippen molar-refractivity contribution in [2.24, 2.45) is 0 Å². The minimum Gasteiger partial charge on any atom is -0.452 e. The summed E-state index contributed by atoms with van der Waals surface area (Å²) in [4.78, 5) is 27.8. The number of rotatable bonds is 5. The second kappa shape index (κ2) is 7.73. The van der Waals surface area contributed by atoms with E-state index >= 15 is 0 Å². The van der Waals surface area contributed by atoms with Crippen LogP contribution in [0.4, 0.5) is 10.1 Å². The van der Waals surface area contributed by atoms with Gasteiger partial charge < -0.3 is 10.1 Å². The number of aromatic nitrogens is 1. The molecule has 0 saturated carbocycles. The molecule has 0 unspecified atom stereocenters. The molecule has 0 fully saturated rings. The number of thioether (sulfide) groups is 1. The van der Waals surface area contributed by atoms with Crippen molar-refractivity contribution in [3.8, 4) is 0 Å². The highest BCUT2D eigenvalue weighted by molar-refractivity contribution is 7.98. The lowest BCUT2D eigenvalue weighted by atomic mass is 10.2. The molecule has 0 bridgehead atoms. The van der Waals surface area contributed by atoms with Crippen LogP contribution in [0, 0.1) is 12.7 Å². The monoisotopic (exact) mass is 334 g/mol. The number of ether oxygens (including phenoxy) is 1. The predicted molar refractivity (Wildman–Crippen MR) is 86.1 cm³/mol. The van der Waals surface area contributed by atoms with Gasteiger partial charge in [-0.2, -0.15) is 0 Å². The van der Waals surface area contributed by atoms with Gasteiger partial charge in [-0.25, -0.2) is 14.2 Å². The molecule has 0 aliphatic heterocycles. The molecule has 1 heterocycles. The van der Waals surface area contributed by atoms with Crippen molar-refractivity contribution in [2.45, 2.75) is 11.9 Å². The number of nitrogens with zero attached hydrogens (tertiary/aromatic N) is 1. The molecule has 23 heavy (non-hydrogen) atoms. The van der Waals surface area contributed by atoms with Crippen LogP contribution in [0.5, 0.6) is 0 Å². The average Bonchev–Trinajstić information content (AvgIpc) is 2.55. The summed E-state index contributed by atoms with van der Waals surface area (Å²) in [6.45, 7) is 1.24. The Hall–Kier alpha value is -2.41. The van der Waals surface area contributed by atoms with E-state index in [1.807, 2.05) is 0 Å².